The van der Waals surface area contributed by atoms with Gasteiger partial charge in [0, 0.05) is 5.41 Å². The molecule has 0 aromatic heterocycles. The van der Waals surface area contributed by atoms with E-state index in [9.17, 15) is 4.39 Å². The van der Waals surface area contributed by atoms with Crippen LogP contribution in [0.5, 0.6) is 0 Å². The number of rotatable bonds is 2. The summed E-state index contributed by atoms with van der Waals surface area (Å²) in [4.78, 5) is 0. The summed E-state index contributed by atoms with van der Waals surface area (Å²) in [5.41, 5.74) is 0.461. The zero-order valence-electron chi connectivity index (χ0n) is 10.3. The third-order valence-electron chi connectivity index (χ3n) is 1.96. The Bertz CT molecular complexity index is 496. The Morgan fingerprint density at radius 2 is 2.06 bits per heavy atom. The molecule has 1 aromatic carbocycles. The zero-order valence-corrected chi connectivity index (χ0v) is 10.3. The molecule has 0 atom stereocenters. The Morgan fingerprint density at radius 1 is 1.35 bits per heavy atom. The molecule has 0 unspecified atom stereocenters. The Labute approximate surface area is 101 Å². The van der Waals surface area contributed by atoms with E-state index in [2.05, 4.69) is 17.2 Å². The van der Waals surface area contributed by atoms with Crippen molar-refractivity contribution >= 4 is 5.69 Å². The van der Waals surface area contributed by atoms with Crippen molar-refractivity contribution in [2.45, 2.75) is 20.8 Å². The van der Waals surface area contributed by atoms with Gasteiger partial charge in [0.25, 0.3) is 0 Å². The summed E-state index contributed by atoms with van der Waals surface area (Å²) in [6.45, 7) is 6.45. The molecule has 0 amide bonds. The van der Waals surface area contributed by atoms with Crippen molar-refractivity contribution in [3.63, 3.8) is 0 Å². The van der Waals surface area contributed by atoms with Gasteiger partial charge in [-0.05, 0) is 32.9 Å². The summed E-state index contributed by atoms with van der Waals surface area (Å²) >= 11 is 0. The highest BCUT2D eigenvalue weighted by Crippen LogP contribution is 2.17. The highest BCUT2D eigenvalue weighted by Gasteiger charge is 2.06. The minimum atomic E-state index is -0.513. The Morgan fingerprint density at radius 3 is 2.65 bits per heavy atom. The van der Waals surface area contributed by atoms with Crippen molar-refractivity contribution in [3.05, 3.63) is 29.6 Å². The van der Waals surface area contributed by atoms with Gasteiger partial charge >= 0.3 is 0 Å². The molecule has 3 heteroatoms. The molecule has 1 aromatic rings. The van der Waals surface area contributed by atoms with Crippen LogP contribution in [0, 0.1) is 34.4 Å². The second-order valence-electron chi connectivity index (χ2n) is 4.68. The molecule has 0 aliphatic heterocycles. The van der Waals surface area contributed by atoms with Crippen LogP contribution < -0.4 is 5.32 Å². The Balaban J connectivity index is 2.74. The van der Waals surface area contributed by atoms with Crippen LogP contribution in [0.25, 0.3) is 0 Å². The minimum Gasteiger partial charge on any atom is -0.373 e. The van der Waals surface area contributed by atoms with Gasteiger partial charge in [-0.3, -0.25) is 0 Å². The van der Waals surface area contributed by atoms with E-state index in [1.54, 1.807) is 12.1 Å². The fraction of sp³-hybridized carbons (Fsp3) is 0.357. The van der Waals surface area contributed by atoms with Gasteiger partial charge in [0.1, 0.15) is 17.4 Å². The summed E-state index contributed by atoms with van der Waals surface area (Å²) in [7, 11) is 0. The number of anilines is 1. The van der Waals surface area contributed by atoms with Crippen molar-refractivity contribution in [3.8, 4) is 17.9 Å². The molecule has 0 fully saturated rings. The van der Waals surface area contributed by atoms with E-state index in [0.717, 1.165) is 0 Å². The fourth-order valence-electron chi connectivity index (χ4n) is 1.23. The summed E-state index contributed by atoms with van der Waals surface area (Å²) in [5, 5.41) is 11.8. The highest BCUT2D eigenvalue weighted by atomic mass is 19.1. The largest absolute Gasteiger partial charge is 0.373 e. The average molecular weight is 230 g/mol. The van der Waals surface area contributed by atoms with Crippen LogP contribution >= 0.6 is 0 Å². The van der Waals surface area contributed by atoms with Crippen LogP contribution in [-0.2, 0) is 0 Å². The molecule has 0 aliphatic carbocycles. The van der Waals surface area contributed by atoms with E-state index >= 15 is 0 Å². The number of hydrogen-bond donors (Lipinski definition) is 1. The molecule has 17 heavy (non-hydrogen) atoms. The summed E-state index contributed by atoms with van der Waals surface area (Å²) in [6, 6.07) is 6.34. The molecule has 0 spiro atoms. The van der Waals surface area contributed by atoms with E-state index in [4.69, 9.17) is 5.26 Å². The van der Waals surface area contributed by atoms with Crippen molar-refractivity contribution < 1.29 is 4.39 Å². The standard InChI is InChI=1S/C14H15FN2/c1-14(2,3)8-5-9-17-13-7-4-6-12(15)11(13)10-16/h4,6-7,17H,9H2,1-3H3. The molecule has 0 heterocycles. The van der Waals surface area contributed by atoms with Crippen LogP contribution in [0.15, 0.2) is 18.2 Å². The van der Waals surface area contributed by atoms with Crippen LogP contribution in [0.2, 0.25) is 0 Å². The molecule has 0 bridgehead atoms. The maximum Gasteiger partial charge on any atom is 0.143 e. The Kier molecular flexibility index (Phi) is 4.12. The molecular formula is C14H15FN2. The molecule has 2 nitrogen and oxygen atoms in total. The lowest BCUT2D eigenvalue weighted by Gasteiger charge is -2.08. The smallest absolute Gasteiger partial charge is 0.143 e. The summed E-state index contributed by atoms with van der Waals surface area (Å²) in [6.07, 6.45) is 0. The predicted octanol–water partition coefficient (Wildman–Crippen LogP) is 3.16. The molecule has 88 valence electrons. The number of benzene rings is 1. The number of nitriles is 1. The number of halogens is 1. The topological polar surface area (TPSA) is 35.8 Å². The lowest BCUT2D eigenvalue weighted by Crippen LogP contribution is -2.05. The fourth-order valence-corrected chi connectivity index (χ4v) is 1.23. The highest BCUT2D eigenvalue weighted by molar-refractivity contribution is 5.58. The van der Waals surface area contributed by atoms with Crippen molar-refractivity contribution in [1.29, 1.82) is 5.26 Å². The van der Waals surface area contributed by atoms with E-state index < -0.39 is 5.82 Å². The molecule has 0 saturated carbocycles. The first-order valence-electron chi connectivity index (χ1n) is 5.36. The lowest BCUT2D eigenvalue weighted by atomic mass is 9.98. The number of hydrogen-bond acceptors (Lipinski definition) is 2. The van der Waals surface area contributed by atoms with Gasteiger partial charge < -0.3 is 5.32 Å². The maximum atomic E-state index is 13.3. The normalized spacial score (nSPS) is 10.1. The first kappa shape index (κ1) is 13.1. The third-order valence-corrected chi connectivity index (χ3v) is 1.96. The van der Waals surface area contributed by atoms with Crippen LogP contribution in [0.3, 0.4) is 0 Å². The monoisotopic (exact) mass is 230 g/mol. The minimum absolute atomic E-state index is 0.0325. The SMILES string of the molecule is CC(C)(C)C#CCNc1cccc(F)c1C#N. The number of nitrogens with zero attached hydrogens (tertiary/aromatic N) is 1. The predicted molar refractivity (Wildman–Crippen MR) is 66.8 cm³/mol. The van der Waals surface area contributed by atoms with Crippen LogP contribution in [0.1, 0.15) is 26.3 Å². The van der Waals surface area contributed by atoms with Crippen molar-refractivity contribution in [1.82, 2.24) is 0 Å². The van der Waals surface area contributed by atoms with Gasteiger partial charge in [-0.15, -0.1) is 0 Å². The van der Waals surface area contributed by atoms with Crippen LogP contribution in [-0.4, -0.2) is 6.54 Å². The molecule has 1 rings (SSSR count). The van der Waals surface area contributed by atoms with Crippen molar-refractivity contribution in [2.75, 3.05) is 11.9 Å². The summed E-state index contributed by atoms with van der Waals surface area (Å²) in [5.74, 6) is 5.49. The maximum absolute atomic E-state index is 13.3. The molecular weight excluding hydrogens is 215 g/mol. The first-order valence-corrected chi connectivity index (χ1v) is 5.36. The van der Waals surface area contributed by atoms with Gasteiger partial charge in [0.2, 0.25) is 0 Å². The van der Waals surface area contributed by atoms with Gasteiger partial charge in [0.15, 0.2) is 0 Å². The third kappa shape index (κ3) is 4.17. The van der Waals surface area contributed by atoms with Gasteiger partial charge in [-0.25, -0.2) is 4.39 Å². The second-order valence-corrected chi connectivity index (χ2v) is 4.68. The quantitative estimate of drug-likeness (QED) is 0.792. The van der Waals surface area contributed by atoms with E-state index in [1.807, 2.05) is 26.8 Å². The van der Waals surface area contributed by atoms with E-state index in [1.165, 1.54) is 6.07 Å². The van der Waals surface area contributed by atoms with Crippen LogP contribution in [0.4, 0.5) is 10.1 Å². The van der Waals surface area contributed by atoms with Crippen molar-refractivity contribution in [2.24, 2.45) is 5.41 Å². The average Bonchev–Trinajstić information content (AvgIpc) is 2.23. The Hall–Kier alpha value is -2.00. The van der Waals surface area contributed by atoms with Gasteiger partial charge in [-0.2, -0.15) is 5.26 Å². The molecule has 0 radical (unpaired) electrons. The first-order chi connectivity index (χ1) is 7.94. The summed E-state index contributed by atoms with van der Waals surface area (Å²) < 4.78 is 13.3. The number of nitrogens with one attached hydrogen (secondary N) is 1. The molecule has 0 saturated heterocycles. The zero-order chi connectivity index (χ0) is 12.9. The second kappa shape index (κ2) is 5.37. The molecule has 1 N–H and O–H groups in total. The van der Waals surface area contributed by atoms with E-state index in [-0.39, 0.29) is 11.0 Å². The van der Waals surface area contributed by atoms with E-state index in [0.29, 0.717) is 12.2 Å². The molecule has 0 aliphatic rings. The van der Waals surface area contributed by atoms with Gasteiger partial charge in [0.05, 0.1) is 12.2 Å². The van der Waals surface area contributed by atoms with Gasteiger partial charge in [-0.1, -0.05) is 17.9 Å². The lowest BCUT2D eigenvalue weighted by molar-refractivity contribution is 0.570.